The second-order valence-electron chi connectivity index (χ2n) is 12.9. The summed E-state index contributed by atoms with van der Waals surface area (Å²) in [6.07, 6.45) is -0.537. The third-order valence-corrected chi connectivity index (χ3v) is 9.12. The van der Waals surface area contributed by atoms with Gasteiger partial charge in [0.25, 0.3) is 5.91 Å². The van der Waals surface area contributed by atoms with Crippen molar-refractivity contribution >= 4 is 23.4 Å². The normalized spacial score (nSPS) is 23.1. The van der Waals surface area contributed by atoms with E-state index in [2.05, 4.69) is 26.3 Å². The number of para-hydroxylation sites is 1. The molecule has 47 heavy (non-hydrogen) atoms. The molecule has 13 nitrogen and oxygen atoms in total. The van der Waals surface area contributed by atoms with Crippen molar-refractivity contribution in [3.8, 4) is 17.3 Å². The summed E-state index contributed by atoms with van der Waals surface area (Å²) in [4.78, 5) is 48.8. The molecule has 1 unspecified atom stereocenters. The molecule has 5 N–H and O–H groups in total. The Morgan fingerprint density at radius 2 is 1.85 bits per heavy atom. The number of amides is 3. The number of anilines is 1. The first-order chi connectivity index (χ1) is 22.5. The molecule has 2 aromatic heterocycles. The number of aliphatic hydroxyl groups excluding tert-OH is 1. The molecule has 244 valence electrons. The number of ether oxygens (including phenoxy) is 1. The number of carbonyl (C=O) groups excluding carboxylic acids is 3. The number of aromatic nitrogens is 2. The summed E-state index contributed by atoms with van der Waals surface area (Å²) in [5.74, 6) is -0.866. The molecule has 3 aliphatic heterocycles. The Kier molecular flexibility index (Phi) is 7.31. The zero-order valence-corrected chi connectivity index (χ0v) is 26.6. The maximum atomic E-state index is 14.0. The van der Waals surface area contributed by atoms with Crippen molar-refractivity contribution < 1.29 is 33.1 Å². The van der Waals surface area contributed by atoms with Crippen LogP contribution in [0.25, 0.3) is 11.6 Å². The van der Waals surface area contributed by atoms with E-state index in [0.29, 0.717) is 11.5 Å². The first-order valence-electron chi connectivity index (χ1n) is 15.7. The lowest BCUT2D eigenvalue weighted by Gasteiger charge is -2.29. The van der Waals surface area contributed by atoms with Crippen LogP contribution in [0.15, 0.2) is 57.6 Å². The summed E-state index contributed by atoms with van der Waals surface area (Å²) in [6.45, 7) is 7.29. The zero-order chi connectivity index (χ0) is 33.2. The van der Waals surface area contributed by atoms with E-state index in [-0.39, 0.29) is 41.4 Å². The Morgan fingerprint density at radius 1 is 1.06 bits per heavy atom. The highest BCUT2D eigenvalue weighted by molar-refractivity contribution is 5.92. The molecule has 3 amide bonds. The standard InChI is InChI=1S/C34H36N6O7/c1-15(2)24-32-40-25(31-37-22(14-45-31)28(42)35-5)27(47-32)34-18-8-6-7-9-20(18)38-33(34)46-23-11-10-17(12-19(23)34)13-21(29(43)39-24)36-30(44)26(41)16(3)4/h6-12,14-16,21,24,26,33,38,41H,13H2,1-5H3,(H,35,42)(H,36,44)(H,39,43)/t21-,24-,26-,33?,34-/m0/s1. The summed E-state index contributed by atoms with van der Waals surface area (Å²) in [6, 6.07) is 11.7. The number of fused-ring (bicyclic) bond motifs is 4. The van der Waals surface area contributed by atoms with E-state index in [0.717, 1.165) is 22.4 Å². The van der Waals surface area contributed by atoms with E-state index in [9.17, 15) is 19.5 Å². The van der Waals surface area contributed by atoms with Crippen LogP contribution in [0.1, 0.15) is 72.6 Å². The first kappa shape index (κ1) is 30.5. The number of nitrogens with one attached hydrogen (secondary N) is 4. The van der Waals surface area contributed by atoms with Crippen LogP contribution in [-0.4, -0.2) is 58.2 Å². The second kappa shape index (κ2) is 11.3. The Morgan fingerprint density at radius 3 is 2.60 bits per heavy atom. The third-order valence-electron chi connectivity index (χ3n) is 9.12. The van der Waals surface area contributed by atoms with Crippen molar-refractivity contribution in [1.29, 1.82) is 0 Å². The summed E-state index contributed by atoms with van der Waals surface area (Å²) < 4.78 is 19.2. The number of hydrogen-bond acceptors (Lipinski definition) is 10. The SMILES string of the molecule is CNC(=O)c1coc(-c2nc3oc2[C@@]24c5ccccc5NC2Oc2ccc(cc24)C[C@H](NC(=O)[C@@H](O)C(C)C)C(=O)N[C@H]3C(C)C)n1. The fourth-order valence-electron chi connectivity index (χ4n) is 6.62. The van der Waals surface area contributed by atoms with Gasteiger partial charge in [0.05, 0.1) is 0 Å². The minimum Gasteiger partial charge on any atom is -0.469 e. The molecule has 0 radical (unpaired) electrons. The molecule has 1 spiro atoms. The van der Waals surface area contributed by atoms with Gasteiger partial charge in [0.2, 0.25) is 23.6 Å². The Hall–Kier alpha value is -5.17. The number of oxazole rings is 2. The van der Waals surface area contributed by atoms with Crippen molar-refractivity contribution in [2.24, 2.45) is 11.8 Å². The monoisotopic (exact) mass is 640 g/mol. The van der Waals surface area contributed by atoms with Crippen molar-refractivity contribution in [3.05, 3.63) is 82.8 Å². The smallest absolute Gasteiger partial charge is 0.272 e. The van der Waals surface area contributed by atoms with Crippen LogP contribution in [0, 0.1) is 11.8 Å². The maximum Gasteiger partial charge on any atom is 0.272 e. The highest BCUT2D eigenvalue weighted by atomic mass is 16.5. The number of nitrogens with zero attached hydrogens (tertiary/aromatic N) is 2. The van der Waals surface area contributed by atoms with Crippen LogP contribution in [0.5, 0.6) is 5.75 Å². The highest BCUT2D eigenvalue weighted by Gasteiger charge is 2.61. The van der Waals surface area contributed by atoms with Gasteiger partial charge in [0, 0.05) is 24.7 Å². The van der Waals surface area contributed by atoms with E-state index in [4.69, 9.17) is 18.6 Å². The number of aliphatic hydroxyl groups is 1. The lowest BCUT2D eigenvalue weighted by molar-refractivity contribution is -0.135. The molecular weight excluding hydrogens is 604 g/mol. The molecule has 13 heteroatoms. The van der Waals surface area contributed by atoms with Crippen LogP contribution < -0.4 is 26.0 Å². The molecule has 0 fully saturated rings. The van der Waals surface area contributed by atoms with Gasteiger partial charge in [-0.2, -0.15) is 0 Å². The maximum absolute atomic E-state index is 14.0. The molecule has 0 aliphatic carbocycles. The average molecular weight is 641 g/mol. The quantitative estimate of drug-likeness (QED) is 0.210. The highest BCUT2D eigenvalue weighted by Crippen LogP contribution is 2.59. The lowest BCUT2D eigenvalue weighted by Crippen LogP contribution is -2.52. The molecular formula is C34H36N6O7. The van der Waals surface area contributed by atoms with Gasteiger partial charge in [-0.1, -0.05) is 58.0 Å². The number of rotatable bonds is 6. The van der Waals surface area contributed by atoms with E-state index in [1.807, 2.05) is 56.3 Å². The summed E-state index contributed by atoms with van der Waals surface area (Å²) in [5.41, 5.74) is 2.45. The van der Waals surface area contributed by atoms with E-state index in [1.165, 1.54) is 13.3 Å². The van der Waals surface area contributed by atoms with Crippen LogP contribution in [0.2, 0.25) is 0 Å². The summed E-state index contributed by atoms with van der Waals surface area (Å²) >= 11 is 0. The molecule has 0 saturated heterocycles. The third kappa shape index (κ3) is 4.75. The molecule has 4 bridgehead atoms. The summed E-state index contributed by atoms with van der Waals surface area (Å²) in [5, 5.41) is 22.4. The first-order valence-corrected chi connectivity index (χ1v) is 15.7. The Bertz CT molecular complexity index is 1900. The number of hydrogen-bond donors (Lipinski definition) is 5. The minimum atomic E-state index is -1.29. The van der Waals surface area contributed by atoms with Crippen molar-refractivity contribution in [2.75, 3.05) is 12.4 Å². The minimum absolute atomic E-state index is 0.0622. The fraction of sp³-hybridized carbons (Fsp3) is 0.382. The van der Waals surface area contributed by atoms with Crippen LogP contribution in [0.3, 0.4) is 0 Å². The predicted molar refractivity (Wildman–Crippen MR) is 168 cm³/mol. The molecule has 5 heterocycles. The molecule has 0 saturated carbocycles. The average Bonchev–Trinajstić information content (AvgIpc) is 3.83. The number of carbonyl (C=O) groups is 3. The van der Waals surface area contributed by atoms with Gasteiger partial charge in [0.15, 0.2) is 23.4 Å². The molecule has 3 aliphatic rings. The molecule has 5 atom stereocenters. The van der Waals surface area contributed by atoms with Crippen LogP contribution in [-0.2, 0) is 21.4 Å². The van der Waals surface area contributed by atoms with Crippen LogP contribution in [0.4, 0.5) is 5.69 Å². The Balaban J connectivity index is 1.48. The van der Waals surface area contributed by atoms with Gasteiger partial charge in [-0.05, 0) is 35.1 Å². The number of benzene rings is 2. The van der Waals surface area contributed by atoms with E-state index in [1.54, 1.807) is 13.8 Å². The van der Waals surface area contributed by atoms with Crippen molar-refractivity contribution in [3.63, 3.8) is 0 Å². The molecule has 7 rings (SSSR count). The Labute approximate surface area is 270 Å². The van der Waals surface area contributed by atoms with Gasteiger partial charge in [0.1, 0.15) is 35.6 Å². The van der Waals surface area contributed by atoms with E-state index >= 15 is 0 Å². The molecule has 2 aromatic carbocycles. The fourth-order valence-corrected chi connectivity index (χ4v) is 6.62. The topological polar surface area (TPSA) is 181 Å². The van der Waals surface area contributed by atoms with Crippen LogP contribution >= 0.6 is 0 Å². The van der Waals surface area contributed by atoms with E-state index < -0.39 is 47.6 Å². The van der Waals surface area contributed by atoms with Crippen molar-refractivity contribution in [2.45, 2.75) is 63.9 Å². The summed E-state index contributed by atoms with van der Waals surface area (Å²) in [7, 11) is 1.50. The lowest BCUT2D eigenvalue weighted by atomic mass is 9.72. The van der Waals surface area contributed by atoms with Gasteiger partial charge < -0.3 is 39.9 Å². The van der Waals surface area contributed by atoms with Crippen molar-refractivity contribution in [1.82, 2.24) is 25.9 Å². The predicted octanol–water partition coefficient (Wildman–Crippen LogP) is 3.04. The molecule has 4 aromatic rings. The largest absolute Gasteiger partial charge is 0.469 e. The zero-order valence-electron chi connectivity index (χ0n) is 26.6. The van der Waals surface area contributed by atoms with Gasteiger partial charge in [-0.3, -0.25) is 14.4 Å². The van der Waals surface area contributed by atoms with Gasteiger partial charge in [-0.15, -0.1) is 0 Å². The second-order valence-corrected chi connectivity index (χ2v) is 12.9. The van der Waals surface area contributed by atoms with Gasteiger partial charge in [-0.25, -0.2) is 9.97 Å². The van der Waals surface area contributed by atoms with Gasteiger partial charge >= 0.3 is 0 Å².